The van der Waals surface area contributed by atoms with Gasteiger partial charge in [0.05, 0.1) is 23.4 Å². The molecule has 1 saturated carbocycles. The van der Waals surface area contributed by atoms with Crippen LogP contribution in [0.15, 0.2) is 48.5 Å². The highest BCUT2D eigenvalue weighted by Crippen LogP contribution is 2.29. The zero-order valence-electron chi connectivity index (χ0n) is 24.7. The summed E-state index contributed by atoms with van der Waals surface area (Å²) in [5.74, 6) is 2.31. The molecule has 0 spiro atoms. The van der Waals surface area contributed by atoms with Crippen LogP contribution in [-0.4, -0.2) is 46.4 Å². The molecule has 2 N–H and O–H groups in total. The zero-order valence-corrected chi connectivity index (χ0v) is 26.2. The first-order valence-electron chi connectivity index (χ1n) is 14.5. The van der Waals surface area contributed by atoms with E-state index < -0.39 is 0 Å². The van der Waals surface area contributed by atoms with Crippen LogP contribution in [0.25, 0.3) is 10.9 Å². The molecule has 0 amide bonds. The first kappa shape index (κ1) is 29.6. The highest BCUT2D eigenvalue weighted by Gasteiger charge is 2.23. The predicted octanol–water partition coefficient (Wildman–Crippen LogP) is 7.31. The maximum Gasteiger partial charge on any atom is 0.225 e. The van der Waals surface area contributed by atoms with E-state index in [9.17, 15) is 0 Å². The molecular weight excluding hydrogens is 553 g/mol. The third-order valence-electron chi connectivity index (χ3n) is 7.89. The largest absolute Gasteiger partial charge is 0.362 e. The fourth-order valence-electron chi connectivity index (χ4n) is 5.48. The van der Waals surface area contributed by atoms with Crippen LogP contribution in [-0.2, 0) is 18.5 Å². The fourth-order valence-corrected chi connectivity index (χ4v) is 5.94. The molecule has 1 aliphatic carbocycles. The van der Waals surface area contributed by atoms with Gasteiger partial charge >= 0.3 is 0 Å². The zero-order chi connectivity index (χ0) is 29.1. The normalized spacial score (nSPS) is 17.6. The second-order valence-corrected chi connectivity index (χ2v) is 13.3. The fraction of sp³-hybridized carbons (Fsp3) is 0.469. The van der Waals surface area contributed by atoms with Crippen molar-refractivity contribution in [3.63, 3.8) is 0 Å². The summed E-state index contributed by atoms with van der Waals surface area (Å²) in [5.41, 5.74) is 4.20. The molecule has 0 bridgehead atoms. The van der Waals surface area contributed by atoms with Crippen molar-refractivity contribution in [3.8, 4) is 0 Å². The van der Waals surface area contributed by atoms with Gasteiger partial charge < -0.3 is 15.5 Å². The summed E-state index contributed by atoms with van der Waals surface area (Å²) >= 11 is 12.6. The van der Waals surface area contributed by atoms with E-state index in [1.54, 1.807) is 6.07 Å². The third-order valence-corrected chi connectivity index (χ3v) is 8.48. The van der Waals surface area contributed by atoms with Gasteiger partial charge in [0.25, 0.3) is 0 Å². The molecule has 2 aromatic carbocycles. The van der Waals surface area contributed by atoms with Crippen LogP contribution in [0.3, 0.4) is 0 Å². The van der Waals surface area contributed by atoms with E-state index >= 15 is 0 Å². The number of nitrogens with zero attached hydrogens (tertiary/aromatic N) is 5. The molecule has 0 radical (unpaired) electrons. The van der Waals surface area contributed by atoms with Gasteiger partial charge in [0.2, 0.25) is 5.95 Å². The molecule has 1 aliphatic rings. The van der Waals surface area contributed by atoms with Gasteiger partial charge in [-0.15, -0.1) is 0 Å². The molecule has 0 unspecified atom stereocenters. The number of halogens is 2. The molecule has 0 aliphatic heterocycles. The summed E-state index contributed by atoms with van der Waals surface area (Å²) in [6, 6.07) is 16.5. The summed E-state index contributed by atoms with van der Waals surface area (Å²) in [4.78, 5) is 11.7. The van der Waals surface area contributed by atoms with Crippen LogP contribution in [0.2, 0.25) is 10.0 Å². The molecule has 2 heterocycles. The summed E-state index contributed by atoms with van der Waals surface area (Å²) in [7, 11) is 4.06. The monoisotopic (exact) mass is 593 g/mol. The first-order valence-corrected chi connectivity index (χ1v) is 15.2. The van der Waals surface area contributed by atoms with E-state index in [4.69, 9.17) is 38.3 Å². The minimum atomic E-state index is -0.0305. The Labute approximate surface area is 253 Å². The van der Waals surface area contributed by atoms with Crippen LogP contribution in [0.4, 0.5) is 11.8 Å². The van der Waals surface area contributed by atoms with Gasteiger partial charge in [-0.25, -0.2) is 4.98 Å². The Kier molecular flexibility index (Phi) is 9.07. The van der Waals surface area contributed by atoms with E-state index in [1.807, 2.05) is 38.4 Å². The molecule has 0 atom stereocenters. The Bertz CT molecular complexity index is 1480. The summed E-state index contributed by atoms with van der Waals surface area (Å²) < 4.78 is 2.08. The van der Waals surface area contributed by atoms with Crippen molar-refractivity contribution in [2.45, 2.75) is 71.0 Å². The van der Waals surface area contributed by atoms with Gasteiger partial charge in [0, 0.05) is 47.5 Å². The molecule has 1 fully saturated rings. The van der Waals surface area contributed by atoms with Crippen molar-refractivity contribution in [1.82, 2.24) is 25.1 Å². The second kappa shape index (κ2) is 12.6. The van der Waals surface area contributed by atoms with Crippen LogP contribution in [0, 0.1) is 5.92 Å². The van der Waals surface area contributed by atoms with E-state index in [0.717, 1.165) is 59.9 Å². The number of rotatable bonds is 9. The lowest BCUT2D eigenvalue weighted by Crippen LogP contribution is -2.32. The summed E-state index contributed by atoms with van der Waals surface area (Å²) in [6.07, 6.45) is 4.57. The molecule has 218 valence electrons. The van der Waals surface area contributed by atoms with Gasteiger partial charge in [0.1, 0.15) is 5.82 Å². The van der Waals surface area contributed by atoms with E-state index in [2.05, 4.69) is 59.2 Å². The molecule has 41 heavy (non-hydrogen) atoms. The lowest BCUT2D eigenvalue weighted by Gasteiger charge is -2.29. The van der Waals surface area contributed by atoms with E-state index in [0.29, 0.717) is 28.5 Å². The van der Waals surface area contributed by atoms with Gasteiger partial charge in [0.15, 0.2) is 0 Å². The topological polar surface area (TPSA) is 70.9 Å². The third kappa shape index (κ3) is 7.32. The molecule has 5 rings (SSSR count). The number of anilines is 2. The number of benzene rings is 2. The molecule has 9 heteroatoms. The average molecular weight is 595 g/mol. The van der Waals surface area contributed by atoms with E-state index in [-0.39, 0.29) is 5.41 Å². The number of hydrogen-bond acceptors (Lipinski definition) is 6. The predicted molar refractivity (Wildman–Crippen MR) is 171 cm³/mol. The smallest absolute Gasteiger partial charge is 0.225 e. The Morgan fingerprint density at radius 1 is 0.976 bits per heavy atom. The van der Waals surface area contributed by atoms with Crippen LogP contribution < -0.4 is 15.5 Å². The quantitative estimate of drug-likeness (QED) is 0.212. The minimum Gasteiger partial charge on any atom is -0.362 e. The highest BCUT2D eigenvalue weighted by molar-refractivity contribution is 6.35. The first-order chi connectivity index (χ1) is 19.6. The Hall–Kier alpha value is -2.87. The second-order valence-electron chi connectivity index (χ2n) is 12.4. The van der Waals surface area contributed by atoms with Crippen molar-refractivity contribution in [1.29, 1.82) is 0 Å². The van der Waals surface area contributed by atoms with E-state index in [1.165, 1.54) is 18.5 Å². The molecular formula is C32H41Cl2N7. The summed E-state index contributed by atoms with van der Waals surface area (Å²) in [5, 5.41) is 14.7. The number of fused-ring (bicyclic) bond motifs is 1. The lowest BCUT2D eigenvalue weighted by atomic mass is 9.86. The van der Waals surface area contributed by atoms with Crippen LogP contribution >= 0.6 is 23.2 Å². The number of aromatic nitrogens is 4. The van der Waals surface area contributed by atoms with Crippen LogP contribution in [0.5, 0.6) is 0 Å². The number of nitrogens with one attached hydrogen (secondary N) is 2. The van der Waals surface area contributed by atoms with Crippen molar-refractivity contribution < 1.29 is 0 Å². The SMILES string of the molecule is CN(C)c1nc(N[C@H]2CC[C@@H](CNCc3cc(C(C)(C)C)nn3Cc3ccc(Cl)cc3Cl)CC2)nc2ccccc12. The molecule has 2 aromatic heterocycles. The Morgan fingerprint density at radius 2 is 1.73 bits per heavy atom. The molecule has 0 saturated heterocycles. The van der Waals surface area contributed by atoms with Crippen molar-refractivity contribution in [2.24, 2.45) is 5.92 Å². The van der Waals surface area contributed by atoms with Crippen molar-refractivity contribution in [2.75, 3.05) is 30.9 Å². The van der Waals surface area contributed by atoms with Crippen molar-refractivity contribution >= 4 is 45.9 Å². The average Bonchev–Trinajstić information content (AvgIpc) is 3.34. The molecule has 4 aromatic rings. The summed E-state index contributed by atoms with van der Waals surface area (Å²) in [6.45, 7) is 8.97. The van der Waals surface area contributed by atoms with Gasteiger partial charge in [-0.1, -0.05) is 62.2 Å². The van der Waals surface area contributed by atoms with Crippen molar-refractivity contribution in [3.05, 3.63) is 75.5 Å². The minimum absolute atomic E-state index is 0.0305. The molecule has 7 nitrogen and oxygen atoms in total. The Morgan fingerprint density at radius 3 is 2.44 bits per heavy atom. The van der Waals surface area contributed by atoms with Gasteiger partial charge in [-0.2, -0.15) is 10.1 Å². The lowest BCUT2D eigenvalue weighted by molar-refractivity contribution is 0.322. The maximum atomic E-state index is 6.49. The number of para-hydroxylation sites is 1. The van der Waals surface area contributed by atoms with Crippen LogP contribution in [0.1, 0.15) is 63.4 Å². The van der Waals surface area contributed by atoms with Gasteiger partial charge in [-0.3, -0.25) is 4.68 Å². The number of hydrogen-bond donors (Lipinski definition) is 2. The standard InChI is InChI=1S/C32H41Cl2N7/c1-32(2,3)29-17-25(41(39-29)20-22-12-13-23(33)16-27(22)34)19-35-18-21-10-14-24(15-11-21)36-31-37-28-9-7-6-8-26(28)30(38-31)40(4)5/h6-9,12-13,16-17,21,24,35H,10-11,14-15,18-20H2,1-5H3,(H,36,37,38)/t21-,24+. The Balaban J connectivity index is 1.17. The highest BCUT2D eigenvalue weighted by atomic mass is 35.5. The van der Waals surface area contributed by atoms with Gasteiger partial charge in [-0.05, 0) is 74.0 Å². The maximum absolute atomic E-state index is 6.49.